The van der Waals surface area contributed by atoms with Crippen molar-refractivity contribution in [1.29, 1.82) is 5.26 Å². The van der Waals surface area contributed by atoms with Gasteiger partial charge in [0.15, 0.2) is 0 Å². The van der Waals surface area contributed by atoms with Crippen LogP contribution in [0.25, 0.3) is 0 Å². The molecule has 0 bridgehead atoms. The van der Waals surface area contributed by atoms with Crippen LogP contribution in [-0.2, 0) is 9.53 Å². The number of hydrogen-bond acceptors (Lipinski definition) is 3. The summed E-state index contributed by atoms with van der Waals surface area (Å²) in [5.41, 5.74) is -0.859. The summed E-state index contributed by atoms with van der Waals surface area (Å²) in [5.74, 6) is 0.393. The molecule has 0 aliphatic carbocycles. The highest BCUT2D eigenvalue weighted by atomic mass is 16.5. The van der Waals surface area contributed by atoms with Crippen LogP contribution in [0.15, 0.2) is 0 Å². The van der Waals surface area contributed by atoms with Gasteiger partial charge in [0.05, 0.1) is 12.7 Å². The van der Waals surface area contributed by atoms with Crippen molar-refractivity contribution in [2.45, 2.75) is 26.7 Å². The number of methoxy groups -OCH3 is 1. The minimum atomic E-state index is -0.859. The van der Waals surface area contributed by atoms with Gasteiger partial charge in [0.2, 0.25) is 5.91 Å². The maximum Gasteiger partial charge on any atom is 0.242 e. The van der Waals surface area contributed by atoms with Crippen molar-refractivity contribution in [2.24, 2.45) is 11.3 Å². The van der Waals surface area contributed by atoms with Gasteiger partial charge in [0, 0.05) is 26.1 Å². The molecule has 0 saturated carbocycles. The lowest BCUT2D eigenvalue weighted by Gasteiger charge is -2.25. The first-order valence-corrected chi connectivity index (χ1v) is 5.77. The molecule has 1 amide bonds. The van der Waals surface area contributed by atoms with Gasteiger partial charge < -0.3 is 9.64 Å². The van der Waals surface area contributed by atoms with Crippen molar-refractivity contribution >= 4 is 5.91 Å². The van der Waals surface area contributed by atoms with Gasteiger partial charge >= 0.3 is 0 Å². The molecule has 0 radical (unpaired) electrons. The van der Waals surface area contributed by atoms with Crippen LogP contribution in [0.2, 0.25) is 0 Å². The molecule has 90 valence electrons. The molecule has 1 saturated heterocycles. The van der Waals surface area contributed by atoms with E-state index in [0.29, 0.717) is 18.9 Å². The van der Waals surface area contributed by atoms with Crippen molar-refractivity contribution in [1.82, 2.24) is 4.90 Å². The Morgan fingerprint density at radius 3 is 2.88 bits per heavy atom. The Balaban J connectivity index is 2.61. The smallest absolute Gasteiger partial charge is 0.242 e. The van der Waals surface area contributed by atoms with Crippen LogP contribution in [0.3, 0.4) is 0 Å². The molecule has 2 unspecified atom stereocenters. The Morgan fingerprint density at radius 1 is 1.69 bits per heavy atom. The van der Waals surface area contributed by atoms with Crippen molar-refractivity contribution in [3.8, 4) is 6.07 Å². The van der Waals surface area contributed by atoms with Crippen LogP contribution in [-0.4, -0.2) is 37.6 Å². The van der Waals surface area contributed by atoms with Gasteiger partial charge in [-0.3, -0.25) is 4.79 Å². The van der Waals surface area contributed by atoms with Crippen molar-refractivity contribution in [2.75, 3.05) is 26.8 Å². The van der Waals surface area contributed by atoms with Crippen LogP contribution >= 0.6 is 0 Å². The molecule has 0 aromatic rings. The van der Waals surface area contributed by atoms with Crippen LogP contribution < -0.4 is 0 Å². The highest BCUT2D eigenvalue weighted by molar-refractivity contribution is 5.85. The van der Waals surface area contributed by atoms with Gasteiger partial charge in [-0.05, 0) is 19.8 Å². The summed E-state index contributed by atoms with van der Waals surface area (Å²) in [4.78, 5) is 13.9. The molecular formula is C12H20N2O2. The Kier molecular flexibility index (Phi) is 4.31. The first-order chi connectivity index (χ1) is 7.57. The van der Waals surface area contributed by atoms with E-state index in [-0.39, 0.29) is 5.91 Å². The molecule has 0 spiro atoms. The van der Waals surface area contributed by atoms with Gasteiger partial charge in [-0.1, -0.05) is 6.92 Å². The molecule has 4 nitrogen and oxygen atoms in total. The van der Waals surface area contributed by atoms with Gasteiger partial charge in [-0.25, -0.2) is 0 Å². The highest BCUT2D eigenvalue weighted by Gasteiger charge is 2.38. The molecule has 16 heavy (non-hydrogen) atoms. The number of carbonyl (C=O) groups excluding carboxylic acids is 1. The minimum absolute atomic E-state index is 0.0314. The quantitative estimate of drug-likeness (QED) is 0.725. The van der Waals surface area contributed by atoms with Gasteiger partial charge in [0.25, 0.3) is 0 Å². The molecule has 1 fully saturated rings. The predicted octanol–water partition coefficient (Wildman–Crippen LogP) is 1.42. The summed E-state index contributed by atoms with van der Waals surface area (Å²) in [6.45, 7) is 5.77. The van der Waals surface area contributed by atoms with E-state index in [2.05, 4.69) is 6.07 Å². The molecule has 0 aromatic carbocycles. The maximum absolute atomic E-state index is 12.1. The van der Waals surface area contributed by atoms with E-state index in [1.54, 1.807) is 18.9 Å². The number of likely N-dealkylation sites (tertiary alicyclic amines) is 1. The molecule has 0 N–H and O–H groups in total. The van der Waals surface area contributed by atoms with E-state index in [1.165, 1.54) is 0 Å². The van der Waals surface area contributed by atoms with Crippen molar-refractivity contribution in [3.05, 3.63) is 0 Å². The molecule has 0 aromatic heterocycles. The first kappa shape index (κ1) is 13.0. The molecule has 1 rings (SSSR count). The second-order valence-corrected chi connectivity index (χ2v) is 4.66. The summed E-state index contributed by atoms with van der Waals surface area (Å²) in [6.07, 6.45) is 1.54. The van der Waals surface area contributed by atoms with E-state index >= 15 is 0 Å². The average Bonchev–Trinajstić information content (AvgIpc) is 2.76. The third-order valence-electron chi connectivity index (χ3n) is 3.40. The zero-order valence-corrected chi connectivity index (χ0v) is 10.3. The Morgan fingerprint density at radius 2 is 2.38 bits per heavy atom. The highest BCUT2D eigenvalue weighted by Crippen LogP contribution is 2.27. The largest absolute Gasteiger partial charge is 0.384 e. The Bertz CT molecular complexity index is 298. The summed E-state index contributed by atoms with van der Waals surface area (Å²) >= 11 is 0. The molecular weight excluding hydrogens is 204 g/mol. The minimum Gasteiger partial charge on any atom is -0.384 e. The summed E-state index contributed by atoms with van der Waals surface area (Å²) < 4.78 is 5.09. The second kappa shape index (κ2) is 5.31. The topological polar surface area (TPSA) is 53.3 Å². The zero-order valence-electron chi connectivity index (χ0n) is 10.3. The fraction of sp³-hybridized carbons (Fsp3) is 0.833. The van der Waals surface area contributed by atoms with Crippen LogP contribution in [0.1, 0.15) is 26.7 Å². The van der Waals surface area contributed by atoms with E-state index in [0.717, 1.165) is 19.5 Å². The molecule has 1 heterocycles. The summed E-state index contributed by atoms with van der Waals surface area (Å²) in [7, 11) is 1.68. The van der Waals surface area contributed by atoms with Gasteiger partial charge in [0.1, 0.15) is 5.41 Å². The first-order valence-electron chi connectivity index (χ1n) is 5.77. The normalized spacial score (nSPS) is 23.9. The van der Waals surface area contributed by atoms with E-state index in [9.17, 15) is 4.79 Å². The van der Waals surface area contributed by atoms with Crippen LogP contribution in [0.5, 0.6) is 0 Å². The Labute approximate surface area is 97.2 Å². The van der Waals surface area contributed by atoms with Gasteiger partial charge in [-0.2, -0.15) is 5.26 Å². The number of amides is 1. The SMILES string of the molecule is CCC(C)(C#N)C(=O)N1CCC(COC)C1. The average molecular weight is 224 g/mol. The molecule has 2 atom stereocenters. The zero-order chi connectivity index (χ0) is 12.2. The van der Waals surface area contributed by atoms with Crippen LogP contribution in [0, 0.1) is 22.7 Å². The number of nitrogens with zero attached hydrogens (tertiary/aromatic N) is 2. The molecule has 1 aliphatic rings. The van der Waals surface area contributed by atoms with Crippen LogP contribution in [0.4, 0.5) is 0 Å². The van der Waals surface area contributed by atoms with E-state index in [4.69, 9.17) is 10.00 Å². The second-order valence-electron chi connectivity index (χ2n) is 4.66. The van der Waals surface area contributed by atoms with Gasteiger partial charge in [-0.15, -0.1) is 0 Å². The monoisotopic (exact) mass is 224 g/mol. The lowest BCUT2D eigenvalue weighted by Crippen LogP contribution is -2.40. The molecule has 4 heteroatoms. The third kappa shape index (κ3) is 2.53. The third-order valence-corrected chi connectivity index (χ3v) is 3.40. The number of ether oxygens (including phenoxy) is 1. The fourth-order valence-electron chi connectivity index (χ4n) is 2.02. The predicted molar refractivity (Wildman–Crippen MR) is 60.6 cm³/mol. The van der Waals surface area contributed by atoms with Crippen molar-refractivity contribution < 1.29 is 9.53 Å². The number of carbonyl (C=O) groups is 1. The number of nitriles is 1. The lowest BCUT2D eigenvalue weighted by atomic mass is 9.88. The molecule has 1 aliphatic heterocycles. The number of hydrogen-bond donors (Lipinski definition) is 0. The number of rotatable bonds is 4. The fourth-order valence-corrected chi connectivity index (χ4v) is 2.02. The Hall–Kier alpha value is -1.08. The summed E-state index contributed by atoms with van der Waals surface area (Å²) in [6, 6.07) is 2.13. The summed E-state index contributed by atoms with van der Waals surface area (Å²) in [5, 5.41) is 9.06. The lowest BCUT2D eigenvalue weighted by molar-refractivity contribution is -0.137. The maximum atomic E-state index is 12.1. The van der Waals surface area contributed by atoms with Crippen molar-refractivity contribution in [3.63, 3.8) is 0 Å². The standard InChI is InChI=1S/C12H20N2O2/c1-4-12(2,9-13)11(15)14-6-5-10(7-14)8-16-3/h10H,4-8H2,1-3H3. The van der Waals surface area contributed by atoms with E-state index < -0.39 is 5.41 Å². The van der Waals surface area contributed by atoms with E-state index in [1.807, 2.05) is 6.92 Å².